The van der Waals surface area contributed by atoms with Crippen molar-refractivity contribution in [2.24, 2.45) is 11.8 Å². The van der Waals surface area contributed by atoms with Crippen molar-refractivity contribution in [2.75, 3.05) is 19.7 Å². The first-order valence-electron chi connectivity index (χ1n) is 6.97. The summed E-state index contributed by atoms with van der Waals surface area (Å²) < 4.78 is 5.29. The van der Waals surface area contributed by atoms with Crippen molar-refractivity contribution in [3.8, 4) is 5.75 Å². The van der Waals surface area contributed by atoms with Crippen LogP contribution in [0.5, 0.6) is 5.75 Å². The Morgan fingerprint density at radius 2 is 2.14 bits per heavy atom. The Bertz CT molecular complexity index is 525. The maximum atomic E-state index is 12.2. The van der Waals surface area contributed by atoms with Crippen LogP contribution in [0.25, 0.3) is 0 Å². The van der Waals surface area contributed by atoms with Gasteiger partial charge in [0, 0.05) is 13.1 Å². The number of hydrogen-bond acceptors (Lipinski definition) is 5. The molecule has 114 valence electrons. The smallest absolute Gasteiger partial charge is 0.406 e. The van der Waals surface area contributed by atoms with Crippen LogP contribution in [0.1, 0.15) is 20.3 Å². The second-order valence-electron chi connectivity index (χ2n) is 5.62. The molecule has 21 heavy (non-hydrogen) atoms. The molecule has 1 saturated heterocycles. The largest absolute Gasteiger partial charge is 0.476 e. The van der Waals surface area contributed by atoms with Crippen molar-refractivity contribution in [3.63, 3.8) is 0 Å². The summed E-state index contributed by atoms with van der Waals surface area (Å²) in [5.74, 6) is 0.432. The molecular weight excluding hydrogens is 274 g/mol. The van der Waals surface area contributed by atoms with E-state index in [-0.39, 0.29) is 24.1 Å². The van der Waals surface area contributed by atoms with Gasteiger partial charge in [0.25, 0.3) is 5.91 Å². The molecule has 0 radical (unpaired) electrons. The normalized spacial score (nSPS) is 21.9. The fraction of sp³-hybridized carbons (Fsp3) is 0.571. The zero-order valence-electron chi connectivity index (χ0n) is 12.2. The Morgan fingerprint density at radius 3 is 2.76 bits per heavy atom. The second-order valence-corrected chi connectivity index (χ2v) is 5.62. The van der Waals surface area contributed by atoms with E-state index in [0.29, 0.717) is 24.9 Å². The SMILES string of the molecule is C[C@@H]1C[C@@H](C)CN(C(=O)COc2cccnc2[N+](=O)[O-])C1. The van der Waals surface area contributed by atoms with E-state index >= 15 is 0 Å². The van der Waals surface area contributed by atoms with E-state index in [2.05, 4.69) is 18.8 Å². The highest BCUT2D eigenvalue weighted by atomic mass is 16.6. The first kappa shape index (κ1) is 15.2. The van der Waals surface area contributed by atoms with Crippen LogP contribution < -0.4 is 4.74 Å². The van der Waals surface area contributed by atoms with E-state index in [1.807, 2.05) is 0 Å². The summed E-state index contributed by atoms with van der Waals surface area (Å²) in [7, 11) is 0. The first-order chi connectivity index (χ1) is 9.97. The first-order valence-corrected chi connectivity index (χ1v) is 6.97. The number of carbonyl (C=O) groups excluding carboxylic acids is 1. The average Bonchev–Trinajstić information content (AvgIpc) is 2.43. The molecule has 1 fully saturated rings. The number of rotatable bonds is 4. The van der Waals surface area contributed by atoms with Crippen molar-refractivity contribution in [3.05, 3.63) is 28.4 Å². The summed E-state index contributed by atoms with van der Waals surface area (Å²) in [5, 5.41) is 10.8. The van der Waals surface area contributed by atoms with Gasteiger partial charge in [0.15, 0.2) is 6.61 Å². The molecule has 7 heteroatoms. The molecule has 7 nitrogen and oxygen atoms in total. The summed E-state index contributed by atoms with van der Waals surface area (Å²) in [5.41, 5.74) is 0. The van der Waals surface area contributed by atoms with Crippen LogP contribution in [0.3, 0.4) is 0 Å². The molecule has 0 unspecified atom stereocenters. The van der Waals surface area contributed by atoms with Crippen molar-refractivity contribution in [1.29, 1.82) is 0 Å². The molecule has 1 aliphatic rings. The van der Waals surface area contributed by atoms with Gasteiger partial charge in [-0.1, -0.05) is 13.8 Å². The molecule has 0 N–H and O–H groups in total. The molecule has 1 aliphatic heterocycles. The third kappa shape index (κ3) is 3.90. The van der Waals surface area contributed by atoms with Crippen LogP contribution in [0.2, 0.25) is 0 Å². The van der Waals surface area contributed by atoms with E-state index in [4.69, 9.17) is 4.74 Å². The van der Waals surface area contributed by atoms with Crippen LogP contribution in [0.4, 0.5) is 5.82 Å². The van der Waals surface area contributed by atoms with Gasteiger partial charge in [-0.05, 0) is 40.3 Å². The minimum atomic E-state index is -0.620. The topological polar surface area (TPSA) is 85.6 Å². The maximum absolute atomic E-state index is 12.2. The van der Waals surface area contributed by atoms with Gasteiger partial charge >= 0.3 is 5.82 Å². The number of nitrogens with zero attached hydrogens (tertiary/aromatic N) is 3. The summed E-state index contributed by atoms with van der Waals surface area (Å²) in [6, 6.07) is 2.98. The lowest BCUT2D eigenvalue weighted by atomic mass is 9.92. The fourth-order valence-corrected chi connectivity index (χ4v) is 2.73. The Hall–Kier alpha value is -2.18. The van der Waals surface area contributed by atoms with Gasteiger partial charge in [0.1, 0.15) is 6.20 Å². The van der Waals surface area contributed by atoms with E-state index < -0.39 is 4.92 Å². The molecule has 0 saturated carbocycles. The van der Waals surface area contributed by atoms with Gasteiger partial charge in [-0.3, -0.25) is 4.79 Å². The summed E-state index contributed by atoms with van der Waals surface area (Å²) >= 11 is 0. The van der Waals surface area contributed by atoms with E-state index in [0.717, 1.165) is 6.42 Å². The minimum absolute atomic E-state index is 0.0222. The Morgan fingerprint density at radius 1 is 1.48 bits per heavy atom. The van der Waals surface area contributed by atoms with Crippen molar-refractivity contribution in [1.82, 2.24) is 9.88 Å². The van der Waals surface area contributed by atoms with Crippen LogP contribution in [-0.4, -0.2) is 40.4 Å². The maximum Gasteiger partial charge on any atom is 0.406 e. The molecule has 1 aromatic rings. The lowest BCUT2D eigenvalue weighted by Gasteiger charge is -2.34. The number of nitro groups is 1. The molecule has 0 bridgehead atoms. The standard InChI is InChI=1S/C14H19N3O4/c1-10-6-11(2)8-16(7-10)13(18)9-21-12-4-3-5-15-14(12)17(19)20/h3-5,10-11H,6-9H2,1-2H3/t10-,11-/m1/s1. The average molecular weight is 293 g/mol. The number of carbonyl (C=O) groups is 1. The lowest BCUT2D eigenvalue weighted by Crippen LogP contribution is -2.44. The predicted molar refractivity (Wildman–Crippen MR) is 75.9 cm³/mol. The zero-order valence-corrected chi connectivity index (χ0v) is 12.2. The van der Waals surface area contributed by atoms with Gasteiger partial charge < -0.3 is 19.8 Å². The number of likely N-dealkylation sites (tertiary alicyclic amines) is 1. The highest BCUT2D eigenvalue weighted by Gasteiger charge is 2.26. The number of amides is 1. The fourth-order valence-electron chi connectivity index (χ4n) is 2.73. The molecule has 0 aliphatic carbocycles. The summed E-state index contributed by atoms with van der Waals surface area (Å²) in [4.78, 5) is 27.8. The Labute approximate surface area is 123 Å². The van der Waals surface area contributed by atoms with E-state index in [1.165, 1.54) is 18.3 Å². The molecule has 1 aromatic heterocycles. The minimum Gasteiger partial charge on any atom is -0.476 e. The molecule has 2 rings (SSSR count). The number of piperidine rings is 1. The summed E-state index contributed by atoms with van der Waals surface area (Å²) in [6.45, 7) is 5.45. The lowest BCUT2D eigenvalue weighted by molar-refractivity contribution is -0.390. The third-order valence-electron chi connectivity index (χ3n) is 3.50. The highest BCUT2D eigenvalue weighted by molar-refractivity contribution is 5.78. The van der Waals surface area contributed by atoms with Gasteiger partial charge in [0.05, 0.1) is 0 Å². The molecule has 0 aromatic carbocycles. The predicted octanol–water partition coefficient (Wildman–Crippen LogP) is 1.87. The zero-order chi connectivity index (χ0) is 15.4. The number of aromatic nitrogens is 1. The molecule has 1 amide bonds. The van der Waals surface area contributed by atoms with Crippen LogP contribution in [-0.2, 0) is 4.79 Å². The van der Waals surface area contributed by atoms with Crippen LogP contribution >= 0.6 is 0 Å². The van der Waals surface area contributed by atoms with E-state index in [9.17, 15) is 14.9 Å². The third-order valence-corrected chi connectivity index (χ3v) is 3.50. The van der Waals surface area contributed by atoms with Gasteiger partial charge in [-0.15, -0.1) is 0 Å². The van der Waals surface area contributed by atoms with E-state index in [1.54, 1.807) is 4.90 Å². The van der Waals surface area contributed by atoms with Crippen LogP contribution in [0.15, 0.2) is 18.3 Å². The van der Waals surface area contributed by atoms with Gasteiger partial charge in [0.2, 0.25) is 5.75 Å². The van der Waals surface area contributed by atoms with Crippen molar-refractivity contribution >= 4 is 11.7 Å². The van der Waals surface area contributed by atoms with Crippen LogP contribution in [0, 0.1) is 22.0 Å². The highest BCUT2D eigenvalue weighted by Crippen LogP contribution is 2.24. The quantitative estimate of drug-likeness (QED) is 0.625. The summed E-state index contributed by atoms with van der Waals surface area (Å²) in [6.07, 6.45) is 2.43. The number of ether oxygens (including phenoxy) is 1. The number of hydrogen-bond donors (Lipinski definition) is 0. The Kier molecular flexibility index (Phi) is 4.72. The second kappa shape index (κ2) is 6.51. The molecule has 2 heterocycles. The van der Waals surface area contributed by atoms with Crippen molar-refractivity contribution in [2.45, 2.75) is 20.3 Å². The van der Waals surface area contributed by atoms with Gasteiger partial charge in [-0.2, -0.15) is 0 Å². The molecular formula is C14H19N3O4. The monoisotopic (exact) mass is 293 g/mol. The number of pyridine rings is 1. The Balaban J connectivity index is 1.97. The van der Waals surface area contributed by atoms with Gasteiger partial charge in [-0.25, -0.2) is 0 Å². The molecule has 2 atom stereocenters. The molecule has 0 spiro atoms. The van der Waals surface area contributed by atoms with Crippen molar-refractivity contribution < 1.29 is 14.5 Å².